The molecule has 0 N–H and O–H groups in total. The zero-order chi connectivity index (χ0) is 24.8. The van der Waals surface area contributed by atoms with Gasteiger partial charge >= 0.3 is 5.97 Å². The molecular weight excluding hydrogens is 464 g/mol. The molecule has 36 heavy (non-hydrogen) atoms. The highest BCUT2D eigenvalue weighted by Gasteiger charge is 2.39. The Hall–Kier alpha value is -4.46. The summed E-state index contributed by atoms with van der Waals surface area (Å²) in [7, 11) is 3.15. The minimum Gasteiger partial charge on any atom is -0.497 e. The summed E-state index contributed by atoms with van der Waals surface area (Å²) in [6.07, 6.45) is 1.76. The van der Waals surface area contributed by atoms with Crippen LogP contribution in [0.5, 0.6) is 34.5 Å². The summed E-state index contributed by atoms with van der Waals surface area (Å²) >= 11 is 0. The molecule has 0 radical (unpaired) electrons. The molecule has 0 amide bonds. The molecule has 0 aromatic heterocycles. The van der Waals surface area contributed by atoms with Gasteiger partial charge in [-0.1, -0.05) is 12.1 Å². The number of Topliss-reactive ketones (excluding diaryl/α,β-unsaturated/α-hetero) is 1. The molecule has 1 atom stereocenters. The van der Waals surface area contributed by atoms with E-state index in [1.165, 1.54) is 0 Å². The summed E-state index contributed by atoms with van der Waals surface area (Å²) in [4.78, 5) is 25.8. The zero-order valence-corrected chi connectivity index (χ0v) is 19.7. The van der Waals surface area contributed by atoms with Crippen LogP contribution >= 0.6 is 0 Å². The van der Waals surface area contributed by atoms with E-state index < -0.39 is 5.92 Å². The molecule has 3 heterocycles. The van der Waals surface area contributed by atoms with Gasteiger partial charge in [-0.15, -0.1) is 0 Å². The monoisotopic (exact) mass is 486 g/mol. The molecule has 0 fully saturated rings. The molecule has 3 aromatic rings. The number of ketones is 1. The summed E-state index contributed by atoms with van der Waals surface area (Å²) in [5, 5.41) is 0. The Bertz CT molecular complexity index is 1400. The maximum atomic E-state index is 13.2. The Labute approximate surface area is 206 Å². The Morgan fingerprint density at radius 3 is 2.44 bits per heavy atom. The van der Waals surface area contributed by atoms with E-state index in [4.69, 9.17) is 28.4 Å². The number of ether oxygens (including phenoxy) is 6. The topological polar surface area (TPSA) is 89.5 Å². The van der Waals surface area contributed by atoms with E-state index in [0.29, 0.717) is 58.8 Å². The highest BCUT2D eigenvalue weighted by atomic mass is 16.6. The lowest BCUT2D eigenvalue weighted by Crippen LogP contribution is -2.22. The zero-order valence-electron chi connectivity index (χ0n) is 19.7. The van der Waals surface area contributed by atoms with Crippen molar-refractivity contribution in [2.24, 2.45) is 0 Å². The summed E-state index contributed by atoms with van der Waals surface area (Å²) < 4.78 is 33.9. The van der Waals surface area contributed by atoms with Gasteiger partial charge in [0.15, 0.2) is 17.3 Å². The lowest BCUT2D eigenvalue weighted by atomic mass is 9.84. The van der Waals surface area contributed by atoms with Crippen LogP contribution in [0.25, 0.3) is 6.08 Å². The SMILES string of the molecule is COc1ccc(/C=C2\Oc3c(ccc4c3C(c3cc(OC)c5c(c3)OCCO5)CC(=O)O4)C2=O)cc1. The maximum Gasteiger partial charge on any atom is 0.312 e. The second kappa shape index (κ2) is 8.64. The van der Waals surface area contributed by atoms with Crippen molar-refractivity contribution >= 4 is 17.8 Å². The van der Waals surface area contributed by atoms with E-state index in [1.807, 2.05) is 36.4 Å². The minimum atomic E-state index is -0.436. The average Bonchev–Trinajstić information content (AvgIpc) is 3.22. The van der Waals surface area contributed by atoms with E-state index in [0.717, 1.165) is 11.1 Å². The van der Waals surface area contributed by atoms with E-state index in [-0.39, 0.29) is 23.9 Å². The van der Waals surface area contributed by atoms with Gasteiger partial charge in [0.25, 0.3) is 0 Å². The summed E-state index contributed by atoms with van der Waals surface area (Å²) in [6.45, 7) is 0.837. The van der Waals surface area contributed by atoms with E-state index in [9.17, 15) is 9.59 Å². The molecular formula is C28H22O8. The van der Waals surface area contributed by atoms with Gasteiger partial charge < -0.3 is 28.4 Å². The number of carbonyl (C=O) groups is 2. The standard InChI is InChI=1S/C28H22O8/c1-31-17-5-3-15(4-6-17)11-21-26(30)18-7-8-20-25(27(18)36-21)19(14-24(29)35-20)16-12-22(32-2)28-23(13-16)33-9-10-34-28/h3-8,11-13,19H,9-10,14H2,1-2H3/b21-11-. The highest BCUT2D eigenvalue weighted by Crippen LogP contribution is 2.51. The Balaban J connectivity index is 1.44. The smallest absolute Gasteiger partial charge is 0.312 e. The first-order valence-corrected chi connectivity index (χ1v) is 11.5. The largest absolute Gasteiger partial charge is 0.497 e. The molecule has 1 unspecified atom stereocenters. The van der Waals surface area contributed by atoms with E-state index >= 15 is 0 Å². The molecule has 3 aromatic carbocycles. The number of esters is 1. The first-order chi connectivity index (χ1) is 17.6. The number of fused-ring (bicyclic) bond motifs is 4. The fourth-order valence-electron chi connectivity index (χ4n) is 4.74. The van der Waals surface area contributed by atoms with Gasteiger partial charge in [0.05, 0.1) is 26.2 Å². The lowest BCUT2D eigenvalue weighted by molar-refractivity contribution is -0.135. The van der Waals surface area contributed by atoms with Gasteiger partial charge in [-0.25, -0.2) is 0 Å². The molecule has 0 saturated carbocycles. The highest BCUT2D eigenvalue weighted by molar-refractivity contribution is 6.15. The third-order valence-electron chi connectivity index (χ3n) is 6.45. The van der Waals surface area contributed by atoms with Crippen LogP contribution in [0, 0.1) is 0 Å². The number of hydrogen-bond acceptors (Lipinski definition) is 8. The van der Waals surface area contributed by atoms with E-state index in [1.54, 1.807) is 32.4 Å². The van der Waals surface area contributed by atoms with Gasteiger partial charge in [0.2, 0.25) is 11.5 Å². The molecule has 182 valence electrons. The molecule has 0 bridgehead atoms. The molecule has 3 aliphatic rings. The molecule has 0 aliphatic carbocycles. The number of benzene rings is 3. The van der Waals surface area contributed by atoms with Gasteiger partial charge in [-0.2, -0.15) is 0 Å². The molecule has 0 saturated heterocycles. The summed E-state index contributed by atoms with van der Waals surface area (Å²) in [6, 6.07) is 14.2. The molecule has 0 spiro atoms. The van der Waals surface area contributed by atoms with Gasteiger partial charge in [-0.05, 0) is 53.6 Å². The second-order valence-corrected chi connectivity index (χ2v) is 8.55. The fourth-order valence-corrected chi connectivity index (χ4v) is 4.74. The van der Waals surface area contributed by atoms with Crippen LogP contribution in [0.4, 0.5) is 0 Å². The molecule has 8 heteroatoms. The van der Waals surface area contributed by atoms with Crippen LogP contribution in [-0.2, 0) is 4.79 Å². The average molecular weight is 486 g/mol. The number of carbonyl (C=O) groups excluding carboxylic acids is 2. The summed E-state index contributed by atoms with van der Waals surface area (Å²) in [5.74, 6) is 2.19. The van der Waals surface area contributed by atoms with Crippen molar-refractivity contribution in [3.8, 4) is 34.5 Å². The normalized spacial score (nSPS) is 18.7. The van der Waals surface area contributed by atoms with E-state index in [2.05, 4.69) is 0 Å². The van der Waals surface area contributed by atoms with Crippen LogP contribution in [0.3, 0.4) is 0 Å². The maximum absolute atomic E-state index is 13.2. The van der Waals surface area contributed by atoms with Gasteiger partial charge in [-0.3, -0.25) is 9.59 Å². The van der Waals surface area contributed by atoms with Gasteiger partial charge in [0.1, 0.15) is 30.5 Å². The Morgan fingerprint density at radius 2 is 1.67 bits per heavy atom. The fraction of sp³-hybridized carbons (Fsp3) is 0.214. The number of rotatable bonds is 4. The van der Waals surface area contributed by atoms with Crippen molar-refractivity contribution in [2.45, 2.75) is 12.3 Å². The van der Waals surface area contributed by atoms with Gasteiger partial charge in [0, 0.05) is 11.5 Å². The van der Waals surface area contributed by atoms with Crippen molar-refractivity contribution in [3.05, 3.63) is 76.5 Å². The van der Waals surface area contributed by atoms with Crippen molar-refractivity contribution in [3.63, 3.8) is 0 Å². The van der Waals surface area contributed by atoms with Crippen molar-refractivity contribution in [1.82, 2.24) is 0 Å². The van der Waals surface area contributed by atoms with Crippen LogP contribution in [0.15, 0.2) is 54.3 Å². The first-order valence-electron chi connectivity index (χ1n) is 11.5. The van der Waals surface area contributed by atoms with Crippen molar-refractivity contribution < 1.29 is 38.0 Å². The minimum absolute atomic E-state index is 0.0708. The lowest BCUT2D eigenvalue weighted by Gasteiger charge is -2.28. The van der Waals surface area contributed by atoms with Crippen molar-refractivity contribution in [1.29, 1.82) is 0 Å². The van der Waals surface area contributed by atoms with Crippen LogP contribution in [-0.4, -0.2) is 39.2 Å². The molecule has 8 nitrogen and oxygen atoms in total. The predicted octanol–water partition coefficient (Wildman–Crippen LogP) is 4.53. The summed E-state index contributed by atoms with van der Waals surface area (Å²) in [5.41, 5.74) is 2.62. The van der Waals surface area contributed by atoms with Crippen molar-refractivity contribution in [2.75, 3.05) is 27.4 Å². The number of hydrogen-bond donors (Lipinski definition) is 0. The Morgan fingerprint density at radius 1 is 0.861 bits per heavy atom. The predicted molar refractivity (Wildman–Crippen MR) is 128 cm³/mol. The molecule has 6 rings (SSSR count). The third kappa shape index (κ3) is 3.62. The Kier molecular flexibility index (Phi) is 5.29. The number of methoxy groups -OCH3 is 2. The second-order valence-electron chi connectivity index (χ2n) is 8.55. The van der Waals surface area contributed by atoms with Crippen LogP contribution in [0.1, 0.15) is 39.4 Å². The van der Waals surface area contributed by atoms with Crippen LogP contribution < -0.4 is 28.4 Å². The third-order valence-corrected chi connectivity index (χ3v) is 6.45. The number of allylic oxidation sites excluding steroid dienone is 1. The van der Waals surface area contributed by atoms with Crippen LogP contribution in [0.2, 0.25) is 0 Å². The molecule has 3 aliphatic heterocycles. The quantitative estimate of drug-likeness (QED) is 0.302. The first kappa shape index (κ1) is 22.0.